The number of nitriles is 1. The highest BCUT2D eigenvalue weighted by atomic mass is 19.1. The Bertz CT molecular complexity index is 1240. The second kappa shape index (κ2) is 10.7. The Morgan fingerprint density at radius 2 is 1.73 bits per heavy atom. The summed E-state index contributed by atoms with van der Waals surface area (Å²) in [5, 5.41) is 14.9. The maximum absolute atomic E-state index is 13.0. The maximum Gasteiger partial charge on any atom is 0.266 e. The molecular formula is C26H22FN3O3. The van der Waals surface area contributed by atoms with Crippen LogP contribution in [0.25, 0.3) is 6.08 Å². The van der Waals surface area contributed by atoms with Crippen molar-refractivity contribution >= 4 is 29.3 Å². The largest absolute Gasteiger partial charge is 0.483 e. The molecule has 0 heterocycles. The first-order chi connectivity index (χ1) is 15.9. The lowest BCUT2D eigenvalue weighted by Gasteiger charge is -2.11. The number of carbonyl (C=O) groups is 2. The molecule has 3 aromatic rings. The Labute approximate surface area is 191 Å². The minimum atomic E-state index is -0.546. The summed E-state index contributed by atoms with van der Waals surface area (Å²) in [4.78, 5) is 24.9. The van der Waals surface area contributed by atoms with Crippen LogP contribution in [0.1, 0.15) is 16.7 Å². The number of carbonyl (C=O) groups excluding carboxylic acids is 2. The lowest BCUT2D eigenvalue weighted by Crippen LogP contribution is -2.20. The van der Waals surface area contributed by atoms with Crippen molar-refractivity contribution in [3.8, 4) is 11.8 Å². The summed E-state index contributed by atoms with van der Waals surface area (Å²) in [6, 6.07) is 19.6. The Morgan fingerprint density at radius 3 is 2.45 bits per heavy atom. The van der Waals surface area contributed by atoms with Crippen LogP contribution in [0, 0.1) is 31.0 Å². The van der Waals surface area contributed by atoms with Crippen molar-refractivity contribution in [2.24, 2.45) is 0 Å². The monoisotopic (exact) mass is 443 g/mol. The van der Waals surface area contributed by atoms with Crippen LogP contribution >= 0.6 is 0 Å². The van der Waals surface area contributed by atoms with E-state index >= 15 is 0 Å². The number of benzene rings is 3. The van der Waals surface area contributed by atoms with Gasteiger partial charge in [0, 0.05) is 16.9 Å². The molecule has 0 aliphatic rings. The van der Waals surface area contributed by atoms with Gasteiger partial charge in [-0.2, -0.15) is 5.26 Å². The fourth-order valence-electron chi connectivity index (χ4n) is 2.99. The predicted molar refractivity (Wildman–Crippen MR) is 125 cm³/mol. The lowest BCUT2D eigenvalue weighted by atomic mass is 10.1. The van der Waals surface area contributed by atoms with E-state index in [-0.39, 0.29) is 12.2 Å². The molecule has 0 aliphatic carbocycles. The van der Waals surface area contributed by atoms with Gasteiger partial charge in [-0.05, 0) is 67.4 Å². The number of hydrogen-bond donors (Lipinski definition) is 2. The molecule has 3 aromatic carbocycles. The second-order valence-electron chi connectivity index (χ2n) is 7.25. The number of halogens is 1. The minimum absolute atomic E-state index is 0.109. The summed E-state index contributed by atoms with van der Waals surface area (Å²) in [5.74, 6) is -1.05. The maximum atomic E-state index is 13.0. The molecule has 0 bridgehead atoms. The van der Waals surface area contributed by atoms with Crippen LogP contribution in [0.2, 0.25) is 0 Å². The van der Waals surface area contributed by atoms with E-state index in [9.17, 15) is 19.2 Å². The molecule has 6 nitrogen and oxygen atoms in total. The number of amides is 2. The predicted octanol–water partition coefficient (Wildman–Crippen LogP) is 5.01. The van der Waals surface area contributed by atoms with Gasteiger partial charge in [0.05, 0.1) is 0 Å². The van der Waals surface area contributed by atoms with Crippen molar-refractivity contribution in [3.05, 3.63) is 94.8 Å². The van der Waals surface area contributed by atoms with Gasteiger partial charge in [0.1, 0.15) is 23.2 Å². The van der Waals surface area contributed by atoms with Crippen LogP contribution in [-0.2, 0) is 9.59 Å². The van der Waals surface area contributed by atoms with Crippen molar-refractivity contribution in [1.82, 2.24) is 0 Å². The average molecular weight is 443 g/mol. The van der Waals surface area contributed by atoms with E-state index in [0.717, 1.165) is 11.1 Å². The third kappa shape index (κ3) is 6.28. The highest BCUT2D eigenvalue weighted by Gasteiger charge is 2.13. The van der Waals surface area contributed by atoms with Gasteiger partial charge in [-0.15, -0.1) is 0 Å². The van der Waals surface area contributed by atoms with E-state index in [1.165, 1.54) is 30.3 Å². The third-order valence-corrected chi connectivity index (χ3v) is 4.92. The summed E-state index contributed by atoms with van der Waals surface area (Å²) < 4.78 is 18.6. The van der Waals surface area contributed by atoms with Crippen molar-refractivity contribution in [2.75, 3.05) is 17.2 Å². The molecule has 166 valence electrons. The topological polar surface area (TPSA) is 91.2 Å². The van der Waals surface area contributed by atoms with Crippen LogP contribution in [0.3, 0.4) is 0 Å². The van der Waals surface area contributed by atoms with Crippen molar-refractivity contribution < 1.29 is 18.7 Å². The van der Waals surface area contributed by atoms with Crippen molar-refractivity contribution in [1.29, 1.82) is 5.26 Å². The Hall–Kier alpha value is -4.44. The summed E-state index contributed by atoms with van der Waals surface area (Å²) >= 11 is 0. The van der Waals surface area contributed by atoms with Gasteiger partial charge in [-0.3, -0.25) is 9.59 Å². The first kappa shape index (κ1) is 23.2. The molecule has 0 atom stereocenters. The zero-order chi connectivity index (χ0) is 23.8. The molecule has 7 heteroatoms. The fraction of sp³-hybridized carbons (Fsp3) is 0.115. The van der Waals surface area contributed by atoms with Gasteiger partial charge >= 0.3 is 0 Å². The number of para-hydroxylation sites is 1. The molecule has 0 aromatic heterocycles. The Kier molecular flexibility index (Phi) is 7.55. The molecule has 33 heavy (non-hydrogen) atoms. The molecule has 2 amide bonds. The SMILES string of the molecule is Cc1cccc(NC(=O)/C(C#N)=C\c2ccccc2OCC(=O)Nc2ccc(F)cc2)c1C. The minimum Gasteiger partial charge on any atom is -0.483 e. The van der Waals surface area contributed by atoms with Gasteiger partial charge in [0.15, 0.2) is 6.61 Å². The summed E-state index contributed by atoms with van der Waals surface area (Å²) in [6.45, 7) is 3.52. The number of rotatable bonds is 7. The Morgan fingerprint density at radius 1 is 1.00 bits per heavy atom. The first-order valence-electron chi connectivity index (χ1n) is 10.1. The number of anilines is 2. The summed E-state index contributed by atoms with van der Waals surface area (Å²) in [5.41, 5.74) is 3.37. The van der Waals surface area contributed by atoms with Crippen LogP contribution in [0.5, 0.6) is 5.75 Å². The summed E-state index contributed by atoms with van der Waals surface area (Å²) in [6.07, 6.45) is 1.41. The Balaban J connectivity index is 1.71. The van der Waals surface area contributed by atoms with Gasteiger partial charge in [0.25, 0.3) is 11.8 Å². The van der Waals surface area contributed by atoms with E-state index in [1.807, 2.05) is 32.0 Å². The molecule has 0 saturated heterocycles. The van der Waals surface area contributed by atoms with E-state index in [1.54, 1.807) is 30.3 Å². The molecule has 2 N–H and O–H groups in total. The first-order valence-corrected chi connectivity index (χ1v) is 10.1. The van der Waals surface area contributed by atoms with Crippen molar-refractivity contribution in [3.63, 3.8) is 0 Å². The molecule has 0 fully saturated rings. The van der Waals surface area contributed by atoms with Crippen LogP contribution in [0.4, 0.5) is 15.8 Å². The van der Waals surface area contributed by atoms with Crippen molar-refractivity contribution in [2.45, 2.75) is 13.8 Å². The number of hydrogen-bond acceptors (Lipinski definition) is 4. The van der Waals surface area contributed by atoms with Crippen LogP contribution in [0.15, 0.2) is 72.3 Å². The second-order valence-corrected chi connectivity index (χ2v) is 7.25. The standard InChI is InChI=1S/C26H22FN3O3/c1-17-6-5-8-23(18(17)2)30-26(32)20(15-28)14-19-7-3-4-9-24(19)33-16-25(31)29-22-12-10-21(27)11-13-22/h3-14H,16H2,1-2H3,(H,29,31)(H,30,32)/b20-14-. The van der Waals surface area contributed by atoms with Crippen LogP contribution < -0.4 is 15.4 Å². The summed E-state index contributed by atoms with van der Waals surface area (Å²) in [7, 11) is 0. The van der Waals surface area contributed by atoms with Crippen LogP contribution in [-0.4, -0.2) is 18.4 Å². The zero-order valence-electron chi connectivity index (χ0n) is 18.2. The van der Waals surface area contributed by atoms with E-state index in [0.29, 0.717) is 22.7 Å². The van der Waals surface area contributed by atoms with Gasteiger partial charge in [0.2, 0.25) is 0 Å². The number of ether oxygens (including phenoxy) is 1. The number of nitrogens with zero attached hydrogens (tertiary/aromatic N) is 1. The zero-order valence-corrected chi connectivity index (χ0v) is 18.2. The molecule has 0 unspecified atom stereocenters. The van der Waals surface area contributed by atoms with Gasteiger partial charge in [-0.1, -0.05) is 30.3 Å². The quantitative estimate of drug-likeness (QED) is 0.397. The molecule has 0 radical (unpaired) electrons. The van der Waals surface area contributed by atoms with E-state index < -0.39 is 17.6 Å². The third-order valence-electron chi connectivity index (χ3n) is 4.92. The highest BCUT2D eigenvalue weighted by Crippen LogP contribution is 2.23. The molecular weight excluding hydrogens is 421 g/mol. The molecule has 0 aliphatic heterocycles. The molecule has 3 rings (SSSR count). The number of nitrogens with one attached hydrogen (secondary N) is 2. The normalized spacial score (nSPS) is 10.8. The smallest absolute Gasteiger partial charge is 0.266 e. The van der Waals surface area contributed by atoms with Gasteiger partial charge in [-0.25, -0.2) is 4.39 Å². The fourth-order valence-corrected chi connectivity index (χ4v) is 2.99. The van der Waals surface area contributed by atoms with Gasteiger partial charge < -0.3 is 15.4 Å². The molecule has 0 spiro atoms. The average Bonchev–Trinajstić information content (AvgIpc) is 2.81. The highest BCUT2D eigenvalue weighted by molar-refractivity contribution is 6.10. The van der Waals surface area contributed by atoms with E-state index in [2.05, 4.69) is 10.6 Å². The molecule has 0 saturated carbocycles. The lowest BCUT2D eigenvalue weighted by molar-refractivity contribution is -0.118. The van der Waals surface area contributed by atoms with E-state index in [4.69, 9.17) is 4.74 Å². The number of aryl methyl sites for hydroxylation is 1.